The number of rotatable bonds is 4. The van der Waals surface area contributed by atoms with Crippen molar-refractivity contribution in [1.29, 1.82) is 0 Å². The second-order valence-electron chi connectivity index (χ2n) is 4.39. The molecule has 5 heteroatoms. The van der Waals surface area contributed by atoms with Gasteiger partial charge >= 0.3 is 0 Å². The number of fused-ring (bicyclic) bond motifs is 1. The summed E-state index contributed by atoms with van der Waals surface area (Å²) in [5.74, 6) is -0.131. The van der Waals surface area contributed by atoms with Crippen LogP contribution in [0.15, 0.2) is 24.3 Å². The Morgan fingerprint density at radius 3 is 2.89 bits per heavy atom. The Hall–Kier alpha value is -1.88. The van der Waals surface area contributed by atoms with Gasteiger partial charge < -0.3 is 10.6 Å². The maximum Gasteiger partial charge on any atom is 0.272 e. The largest absolute Gasteiger partial charge is 0.349 e. The van der Waals surface area contributed by atoms with E-state index in [0.717, 1.165) is 10.9 Å². The van der Waals surface area contributed by atoms with Crippen molar-refractivity contribution in [3.8, 4) is 0 Å². The third-order valence-electron chi connectivity index (χ3n) is 3.03. The van der Waals surface area contributed by atoms with Gasteiger partial charge in [-0.1, -0.05) is 18.2 Å². The summed E-state index contributed by atoms with van der Waals surface area (Å²) in [5, 5.41) is 11.1. The van der Waals surface area contributed by atoms with Gasteiger partial charge in [0, 0.05) is 25.0 Å². The first-order valence-electron chi connectivity index (χ1n) is 6.00. The molecule has 1 unspecified atom stereocenters. The number of hydrogen-bond acceptors (Lipinski definition) is 3. The summed E-state index contributed by atoms with van der Waals surface area (Å²) >= 11 is 0. The molecule has 2 aromatic rings. The van der Waals surface area contributed by atoms with Gasteiger partial charge in [-0.05, 0) is 20.0 Å². The highest BCUT2D eigenvalue weighted by atomic mass is 16.1. The monoisotopic (exact) mass is 246 g/mol. The Labute approximate surface area is 106 Å². The van der Waals surface area contributed by atoms with Crippen molar-refractivity contribution in [2.45, 2.75) is 13.0 Å². The van der Waals surface area contributed by atoms with Crippen LogP contribution >= 0.6 is 0 Å². The molecule has 1 amide bonds. The molecule has 0 aliphatic heterocycles. The average molecular weight is 246 g/mol. The molecule has 0 aliphatic rings. The van der Waals surface area contributed by atoms with Crippen LogP contribution in [0.2, 0.25) is 0 Å². The molecule has 2 rings (SSSR count). The first kappa shape index (κ1) is 12.6. The van der Waals surface area contributed by atoms with E-state index in [9.17, 15) is 4.79 Å². The molecule has 96 valence electrons. The van der Waals surface area contributed by atoms with E-state index in [4.69, 9.17) is 0 Å². The van der Waals surface area contributed by atoms with Crippen molar-refractivity contribution in [3.63, 3.8) is 0 Å². The SMILES string of the molecule is CNC(C)CNC(=O)c1nn(C)c2ccccc12. The third-order valence-corrected chi connectivity index (χ3v) is 3.03. The standard InChI is InChI=1S/C13H18N4O/c1-9(14-2)8-15-13(18)12-10-6-4-5-7-11(10)17(3)16-12/h4-7,9,14H,8H2,1-3H3,(H,15,18). The van der Waals surface area contributed by atoms with Gasteiger partial charge in [-0.15, -0.1) is 0 Å². The van der Waals surface area contributed by atoms with Crippen LogP contribution in [0.3, 0.4) is 0 Å². The van der Waals surface area contributed by atoms with E-state index in [1.807, 2.05) is 45.3 Å². The number of nitrogens with zero attached hydrogens (tertiary/aromatic N) is 2. The Balaban J connectivity index is 2.23. The minimum atomic E-state index is -0.131. The molecule has 2 N–H and O–H groups in total. The number of hydrogen-bond donors (Lipinski definition) is 2. The number of benzene rings is 1. The highest BCUT2D eigenvalue weighted by Gasteiger charge is 2.15. The summed E-state index contributed by atoms with van der Waals surface area (Å²) in [7, 11) is 3.71. The van der Waals surface area contributed by atoms with Crippen LogP contribution in [0.1, 0.15) is 17.4 Å². The molecule has 0 saturated carbocycles. The fraction of sp³-hybridized carbons (Fsp3) is 0.385. The minimum Gasteiger partial charge on any atom is -0.349 e. The molecule has 1 heterocycles. The Bertz CT molecular complexity index is 561. The second kappa shape index (κ2) is 5.18. The number of amides is 1. The fourth-order valence-electron chi connectivity index (χ4n) is 1.81. The molecule has 0 aliphatic carbocycles. The first-order chi connectivity index (χ1) is 8.63. The predicted octanol–water partition coefficient (Wildman–Crippen LogP) is 0.911. The maximum absolute atomic E-state index is 12.1. The fourth-order valence-corrected chi connectivity index (χ4v) is 1.81. The molecule has 1 aromatic heterocycles. The van der Waals surface area contributed by atoms with Crippen LogP contribution in [0.4, 0.5) is 0 Å². The summed E-state index contributed by atoms with van der Waals surface area (Å²) in [4.78, 5) is 12.1. The minimum absolute atomic E-state index is 0.131. The third kappa shape index (κ3) is 2.36. The lowest BCUT2D eigenvalue weighted by atomic mass is 10.2. The number of nitrogens with one attached hydrogen (secondary N) is 2. The van der Waals surface area contributed by atoms with Crippen molar-refractivity contribution in [3.05, 3.63) is 30.0 Å². The maximum atomic E-state index is 12.1. The van der Waals surface area contributed by atoms with Gasteiger partial charge in [0.2, 0.25) is 0 Å². The molecule has 0 radical (unpaired) electrons. The van der Waals surface area contributed by atoms with Crippen molar-refractivity contribution in [2.24, 2.45) is 7.05 Å². The number of aromatic nitrogens is 2. The molecule has 0 saturated heterocycles. The molecule has 1 aromatic carbocycles. The molecular weight excluding hydrogens is 228 g/mol. The van der Waals surface area contributed by atoms with Crippen LogP contribution in [0.25, 0.3) is 10.9 Å². The summed E-state index contributed by atoms with van der Waals surface area (Å²) in [6, 6.07) is 7.96. The summed E-state index contributed by atoms with van der Waals surface area (Å²) in [6.45, 7) is 2.59. The average Bonchev–Trinajstić information content (AvgIpc) is 2.74. The number of likely N-dealkylation sites (N-methyl/N-ethyl adjacent to an activating group) is 1. The molecule has 0 spiro atoms. The molecule has 1 atom stereocenters. The predicted molar refractivity (Wildman–Crippen MR) is 71.6 cm³/mol. The zero-order valence-corrected chi connectivity index (χ0v) is 10.9. The van der Waals surface area contributed by atoms with Crippen LogP contribution in [0, 0.1) is 0 Å². The van der Waals surface area contributed by atoms with E-state index in [1.165, 1.54) is 0 Å². The van der Waals surface area contributed by atoms with E-state index in [-0.39, 0.29) is 11.9 Å². The Kier molecular flexibility index (Phi) is 3.62. The van der Waals surface area contributed by atoms with Gasteiger partial charge in [0.25, 0.3) is 5.91 Å². The summed E-state index contributed by atoms with van der Waals surface area (Å²) in [6.07, 6.45) is 0. The highest BCUT2D eigenvalue weighted by molar-refractivity contribution is 6.04. The van der Waals surface area contributed by atoms with Gasteiger partial charge in [0.05, 0.1) is 5.52 Å². The van der Waals surface area contributed by atoms with Crippen molar-refractivity contribution in [2.75, 3.05) is 13.6 Å². The smallest absolute Gasteiger partial charge is 0.272 e. The van der Waals surface area contributed by atoms with Crippen LogP contribution in [-0.4, -0.2) is 35.3 Å². The van der Waals surface area contributed by atoms with Gasteiger partial charge in [-0.2, -0.15) is 5.10 Å². The van der Waals surface area contributed by atoms with Gasteiger partial charge in [0.15, 0.2) is 5.69 Å². The number of carbonyl (C=O) groups is 1. The number of aryl methyl sites for hydroxylation is 1. The molecule has 5 nitrogen and oxygen atoms in total. The van der Waals surface area contributed by atoms with Gasteiger partial charge in [-0.3, -0.25) is 9.48 Å². The van der Waals surface area contributed by atoms with E-state index >= 15 is 0 Å². The summed E-state index contributed by atoms with van der Waals surface area (Å²) in [5.41, 5.74) is 1.45. The molecule has 18 heavy (non-hydrogen) atoms. The highest BCUT2D eigenvalue weighted by Crippen LogP contribution is 2.16. The van der Waals surface area contributed by atoms with Gasteiger partial charge in [0.1, 0.15) is 0 Å². The molecule has 0 fully saturated rings. The lowest BCUT2D eigenvalue weighted by Crippen LogP contribution is -2.37. The number of carbonyl (C=O) groups excluding carboxylic acids is 1. The van der Waals surface area contributed by atoms with Crippen LogP contribution in [-0.2, 0) is 7.05 Å². The topological polar surface area (TPSA) is 58.9 Å². The quantitative estimate of drug-likeness (QED) is 0.843. The van der Waals surface area contributed by atoms with Crippen LogP contribution in [0.5, 0.6) is 0 Å². The van der Waals surface area contributed by atoms with E-state index < -0.39 is 0 Å². The van der Waals surface area contributed by atoms with Crippen molar-refractivity contribution < 1.29 is 4.79 Å². The van der Waals surface area contributed by atoms with E-state index in [1.54, 1.807) is 4.68 Å². The first-order valence-corrected chi connectivity index (χ1v) is 6.00. The zero-order valence-electron chi connectivity index (χ0n) is 10.9. The van der Waals surface area contributed by atoms with Crippen molar-refractivity contribution >= 4 is 16.8 Å². The Morgan fingerprint density at radius 1 is 1.44 bits per heavy atom. The van der Waals surface area contributed by atoms with E-state index in [2.05, 4.69) is 15.7 Å². The lowest BCUT2D eigenvalue weighted by Gasteiger charge is -2.10. The normalized spacial score (nSPS) is 12.6. The zero-order chi connectivity index (χ0) is 13.1. The summed E-state index contributed by atoms with van der Waals surface area (Å²) < 4.78 is 1.73. The number of para-hydroxylation sites is 1. The van der Waals surface area contributed by atoms with E-state index in [0.29, 0.717) is 12.2 Å². The second-order valence-corrected chi connectivity index (χ2v) is 4.39. The lowest BCUT2D eigenvalue weighted by molar-refractivity contribution is 0.0946. The van der Waals surface area contributed by atoms with Gasteiger partial charge in [-0.25, -0.2) is 0 Å². The molecule has 0 bridgehead atoms. The molecular formula is C13H18N4O. The Morgan fingerprint density at radius 2 is 2.17 bits per heavy atom. The van der Waals surface area contributed by atoms with Crippen molar-refractivity contribution in [1.82, 2.24) is 20.4 Å². The van der Waals surface area contributed by atoms with Crippen LogP contribution < -0.4 is 10.6 Å².